The zero-order valence-corrected chi connectivity index (χ0v) is 13.2. The van der Waals surface area contributed by atoms with Crippen molar-refractivity contribution in [3.8, 4) is 0 Å². The van der Waals surface area contributed by atoms with E-state index in [1.807, 2.05) is 12.1 Å². The highest BCUT2D eigenvalue weighted by molar-refractivity contribution is 9.10. The standard InChI is InChI=1S/C13H20BrNO2S/c1-3-15-10-12(7-8-18(2,16)17)11-5-4-6-13(14)9-11/h4-6,9,12,15H,3,7-8,10H2,1-2H3. The van der Waals surface area contributed by atoms with Crippen LogP contribution < -0.4 is 5.32 Å². The number of nitrogens with one attached hydrogen (secondary N) is 1. The molecule has 1 aromatic rings. The number of rotatable bonds is 7. The van der Waals surface area contributed by atoms with Crippen molar-refractivity contribution in [2.45, 2.75) is 19.3 Å². The Hall–Kier alpha value is -0.390. The molecule has 0 aromatic heterocycles. The largest absolute Gasteiger partial charge is 0.316 e. The highest BCUT2D eigenvalue weighted by Crippen LogP contribution is 2.23. The molecule has 0 aliphatic rings. The number of benzene rings is 1. The molecule has 0 aliphatic heterocycles. The average Bonchev–Trinajstić information content (AvgIpc) is 2.28. The van der Waals surface area contributed by atoms with Crippen LogP contribution in [0, 0.1) is 0 Å². The average molecular weight is 334 g/mol. The van der Waals surface area contributed by atoms with Gasteiger partial charge in [0.15, 0.2) is 0 Å². The van der Waals surface area contributed by atoms with Crippen LogP contribution in [0.1, 0.15) is 24.8 Å². The Morgan fingerprint density at radius 3 is 2.67 bits per heavy atom. The second-order valence-electron chi connectivity index (χ2n) is 4.48. The zero-order valence-electron chi connectivity index (χ0n) is 10.8. The van der Waals surface area contributed by atoms with Crippen molar-refractivity contribution in [2.24, 2.45) is 0 Å². The molecule has 1 rings (SSSR count). The monoisotopic (exact) mass is 333 g/mol. The molecule has 0 saturated carbocycles. The van der Waals surface area contributed by atoms with Crippen molar-refractivity contribution in [1.29, 1.82) is 0 Å². The smallest absolute Gasteiger partial charge is 0.147 e. The lowest BCUT2D eigenvalue weighted by Gasteiger charge is -2.17. The molecule has 1 N–H and O–H groups in total. The van der Waals surface area contributed by atoms with Gasteiger partial charge in [-0.15, -0.1) is 0 Å². The molecule has 3 nitrogen and oxygen atoms in total. The number of sulfone groups is 1. The molecule has 102 valence electrons. The van der Waals surface area contributed by atoms with Crippen molar-refractivity contribution in [3.05, 3.63) is 34.3 Å². The molecule has 0 heterocycles. The second-order valence-corrected chi connectivity index (χ2v) is 7.65. The van der Waals surface area contributed by atoms with E-state index in [9.17, 15) is 8.42 Å². The number of hydrogen-bond donors (Lipinski definition) is 1. The van der Waals surface area contributed by atoms with Gasteiger partial charge in [0.05, 0.1) is 5.75 Å². The quantitative estimate of drug-likeness (QED) is 0.834. The van der Waals surface area contributed by atoms with E-state index in [1.165, 1.54) is 11.8 Å². The Kier molecular flexibility index (Phi) is 6.32. The predicted molar refractivity (Wildman–Crippen MR) is 79.8 cm³/mol. The first-order valence-electron chi connectivity index (χ1n) is 6.06. The molecule has 0 fully saturated rings. The van der Waals surface area contributed by atoms with Gasteiger partial charge in [-0.2, -0.15) is 0 Å². The Labute approximate surface area is 118 Å². The lowest BCUT2D eigenvalue weighted by atomic mass is 9.96. The van der Waals surface area contributed by atoms with E-state index in [0.29, 0.717) is 6.42 Å². The first-order chi connectivity index (χ1) is 8.42. The lowest BCUT2D eigenvalue weighted by Crippen LogP contribution is -2.23. The van der Waals surface area contributed by atoms with Crippen molar-refractivity contribution in [3.63, 3.8) is 0 Å². The van der Waals surface area contributed by atoms with Gasteiger partial charge in [0.25, 0.3) is 0 Å². The second kappa shape index (κ2) is 7.26. The maximum absolute atomic E-state index is 11.3. The van der Waals surface area contributed by atoms with Gasteiger partial charge in [0, 0.05) is 17.3 Å². The van der Waals surface area contributed by atoms with E-state index < -0.39 is 9.84 Å². The summed E-state index contributed by atoms with van der Waals surface area (Å²) in [6.45, 7) is 3.75. The Morgan fingerprint density at radius 2 is 2.11 bits per heavy atom. The molecule has 0 saturated heterocycles. The summed E-state index contributed by atoms with van der Waals surface area (Å²) in [4.78, 5) is 0. The third-order valence-corrected chi connectivity index (χ3v) is 4.27. The third kappa shape index (κ3) is 5.98. The number of halogens is 1. The first kappa shape index (κ1) is 15.7. The summed E-state index contributed by atoms with van der Waals surface area (Å²) < 4.78 is 23.6. The molecule has 1 unspecified atom stereocenters. The van der Waals surface area contributed by atoms with E-state index in [1.54, 1.807) is 0 Å². The fourth-order valence-corrected chi connectivity index (χ4v) is 2.95. The van der Waals surface area contributed by atoms with Crippen molar-refractivity contribution in [2.75, 3.05) is 25.1 Å². The molecular formula is C13H20BrNO2S. The van der Waals surface area contributed by atoms with Gasteiger partial charge in [-0.3, -0.25) is 0 Å². The van der Waals surface area contributed by atoms with Crippen LogP contribution >= 0.6 is 15.9 Å². The van der Waals surface area contributed by atoms with E-state index in [2.05, 4.69) is 40.3 Å². The molecule has 5 heteroatoms. The van der Waals surface area contributed by atoms with Crippen LogP contribution in [-0.4, -0.2) is 33.5 Å². The first-order valence-corrected chi connectivity index (χ1v) is 8.91. The molecular weight excluding hydrogens is 314 g/mol. The minimum atomic E-state index is -2.90. The van der Waals surface area contributed by atoms with Crippen LogP contribution in [0.15, 0.2) is 28.7 Å². The zero-order chi connectivity index (χ0) is 13.6. The molecule has 0 bridgehead atoms. The summed E-state index contributed by atoms with van der Waals surface area (Å²) in [5, 5.41) is 3.29. The summed E-state index contributed by atoms with van der Waals surface area (Å²) in [5.74, 6) is 0.465. The van der Waals surface area contributed by atoms with Gasteiger partial charge in [-0.05, 0) is 36.6 Å². The lowest BCUT2D eigenvalue weighted by molar-refractivity contribution is 0.566. The van der Waals surface area contributed by atoms with E-state index in [4.69, 9.17) is 0 Å². The van der Waals surface area contributed by atoms with Gasteiger partial charge in [-0.25, -0.2) is 8.42 Å². The molecule has 0 spiro atoms. The molecule has 0 aliphatic carbocycles. The number of hydrogen-bond acceptors (Lipinski definition) is 3. The number of likely N-dealkylation sites (N-methyl/N-ethyl adjacent to an activating group) is 1. The Morgan fingerprint density at radius 1 is 1.39 bits per heavy atom. The van der Waals surface area contributed by atoms with Gasteiger partial charge in [0.2, 0.25) is 0 Å². The summed E-state index contributed by atoms with van der Waals surface area (Å²) >= 11 is 3.45. The fraction of sp³-hybridized carbons (Fsp3) is 0.538. The third-order valence-electron chi connectivity index (χ3n) is 2.80. The van der Waals surface area contributed by atoms with E-state index in [0.717, 1.165) is 17.6 Å². The maximum atomic E-state index is 11.3. The molecule has 1 atom stereocenters. The molecule has 1 aromatic carbocycles. The summed E-state index contributed by atoms with van der Waals surface area (Å²) in [7, 11) is -2.90. The van der Waals surface area contributed by atoms with Crippen LogP contribution in [0.4, 0.5) is 0 Å². The fourth-order valence-electron chi connectivity index (χ4n) is 1.82. The van der Waals surface area contributed by atoms with Crippen LogP contribution in [0.2, 0.25) is 0 Å². The van der Waals surface area contributed by atoms with Crippen LogP contribution in [0.5, 0.6) is 0 Å². The normalized spacial score (nSPS) is 13.5. The van der Waals surface area contributed by atoms with Crippen LogP contribution in [0.25, 0.3) is 0 Å². The minimum absolute atomic E-state index is 0.232. The topological polar surface area (TPSA) is 46.2 Å². The predicted octanol–water partition coefficient (Wildman–Crippen LogP) is 2.58. The van der Waals surface area contributed by atoms with E-state index >= 15 is 0 Å². The van der Waals surface area contributed by atoms with Gasteiger partial charge < -0.3 is 5.32 Å². The Bertz CT molecular complexity index is 474. The highest BCUT2D eigenvalue weighted by atomic mass is 79.9. The van der Waals surface area contributed by atoms with Gasteiger partial charge in [0.1, 0.15) is 9.84 Å². The van der Waals surface area contributed by atoms with Crippen molar-refractivity contribution in [1.82, 2.24) is 5.32 Å². The summed E-state index contributed by atoms with van der Waals surface area (Å²) in [6.07, 6.45) is 1.94. The van der Waals surface area contributed by atoms with Gasteiger partial charge >= 0.3 is 0 Å². The van der Waals surface area contributed by atoms with Crippen molar-refractivity contribution >= 4 is 25.8 Å². The SMILES string of the molecule is CCNCC(CCS(C)(=O)=O)c1cccc(Br)c1. The molecule has 18 heavy (non-hydrogen) atoms. The van der Waals surface area contributed by atoms with Gasteiger partial charge in [-0.1, -0.05) is 35.0 Å². The van der Waals surface area contributed by atoms with Crippen molar-refractivity contribution < 1.29 is 8.42 Å². The molecule has 0 radical (unpaired) electrons. The summed E-state index contributed by atoms with van der Waals surface area (Å²) in [6, 6.07) is 8.07. The minimum Gasteiger partial charge on any atom is -0.316 e. The van der Waals surface area contributed by atoms with E-state index in [-0.39, 0.29) is 11.7 Å². The van der Waals surface area contributed by atoms with Crippen LogP contribution in [-0.2, 0) is 9.84 Å². The van der Waals surface area contributed by atoms with Crippen LogP contribution in [0.3, 0.4) is 0 Å². The maximum Gasteiger partial charge on any atom is 0.147 e. The highest BCUT2D eigenvalue weighted by Gasteiger charge is 2.14. The summed E-state index contributed by atoms with van der Waals surface area (Å²) in [5.41, 5.74) is 1.17. The molecule has 0 amide bonds. The Balaban J connectivity index is 2.77.